The largest absolute Gasteiger partial charge is 0.464 e. The van der Waals surface area contributed by atoms with Gasteiger partial charge in [0, 0.05) is 23.6 Å². The molecule has 0 saturated heterocycles. The van der Waals surface area contributed by atoms with Crippen LogP contribution >= 0.6 is 11.6 Å². The molecule has 5 rings (SSSR count). The lowest BCUT2D eigenvalue weighted by atomic mass is 10.1. The van der Waals surface area contributed by atoms with Crippen molar-refractivity contribution in [1.29, 1.82) is 0 Å². The van der Waals surface area contributed by atoms with Gasteiger partial charge in [0.2, 0.25) is 0 Å². The molecule has 0 aliphatic carbocycles. The lowest BCUT2D eigenvalue weighted by Gasteiger charge is -2.15. The molecule has 0 fully saturated rings. The third-order valence-corrected chi connectivity index (χ3v) is 6.58. The molecule has 0 spiro atoms. The number of ether oxygens (including phenoxy) is 1. The van der Waals surface area contributed by atoms with E-state index < -0.39 is 0 Å². The minimum absolute atomic E-state index is 0.374. The van der Waals surface area contributed by atoms with Crippen molar-refractivity contribution in [3.8, 4) is 11.5 Å². The molecule has 0 amide bonds. The van der Waals surface area contributed by atoms with E-state index in [2.05, 4.69) is 52.2 Å². The number of nitrogens with zero attached hydrogens (tertiary/aromatic N) is 3. The van der Waals surface area contributed by atoms with E-state index in [0.717, 1.165) is 53.3 Å². The molecule has 38 heavy (non-hydrogen) atoms. The molecule has 0 atom stereocenters. The van der Waals surface area contributed by atoms with Crippen molar-refractivity contribution in [2.45, 2.75) is 26.8 Å². The van der Waals surface area contributed by atoms with Crippen LogP contribution in [0.25, 0.3) is 10.9 Å². The molecule has 2 aromatic heterocycles. The summed E-state index contributed by atoms with van der Waals surface area (Å²) in [6.07, 6.45) is 2.19. The zero-order chi connectivity index (χ0) is 26.5. The number of benzene rings is 3. The van der Waals surface area contributed by atoms with E-state index in [4.69, 9.17) is 20.8 Å². The first kappa shape index (κ1) is 25.7. The van der Waals surface area contributed by atoms with Crippen LogP contribution in [-0.2, 0) is 13.0 Å². The van der Waals surface area contributed by atoms with Crippen molar-refractivity contribution in [3.05, 3.63) is 107 Å². The van der Waals surface area contributed by atoms with Crippen molar-refractivity contribution in [2.24, 2.45) is 0 Å². The van der Waals surface area contributed by atoms with Gasteiger partial charge in [-0.25, -0.2) is 14.4 Å². The van der Waals surface area contributed by atoms with Crippen molar-refractivity contribution in [1.82, 2.24) is 14.9 Å². The summed E-state index contributed by atoms with van der Waals surface area (Å²) in [7, 11) is 0. The summed E-state index contributed by atoms with van der Waals surface area (Å²) in [5, 5.41) is 4.61. The summed E-state index contributed by atoms with van der Waals surface area (Å²) in [4.78, 5) is 11.2. The van der Waals surface area contributed by atoms with Crippen LogP contribution in [0.2, 0.25) is 5.02 Å². The van der Waals surface area contributed by atoms with Gasteiger partial charge in [-0.05, 0) is 73.3 Å². The Kier molecular flexibility index (Phi) is 7.86. The van der Waals surface area contributed by atoms with E-state index >= 15 is 0 Å². The molecule has 194 valence electrons. The highest BCUT2D eigenvalue weighted by Crippen LogP contribution is 2.33. The highest BCUT2D eigenvalue weighted by atomic mass is 35.5. The maximum atomic E-state index is 13.5. The van der Waals surface area contributed by atoms with Gasteiger partial charge >= 0.3 is 0 Å². The van der Waals surface area contributed by atoms with Gasteiger partial charge in [-0.1, -0.05) is 37.6 Å². The number of fused-ring (bicyclic) bond motifs is 1. The predicted octanol–water partition coefficient (Wildman–Crippen LogP) is 7.98. The highest BCUT2D eigenvalue weighted by molar-refractivity contribution is 6.32. The van der Waals surface area contributed by atoms with E-state index in [1.54, 1.807) is 24.3 Å². The Morgan fingerprint density at radius 3 is 2.58 bits per heavy atom. The molecule has 0 aliphatic rings. The average Bonchev–Trinajstić information content (AvgIpc) is 3.36. The van der Waals surface area contributed by atoms with Crippen molar-refractivity contribution in [2.75, 3.05) is 18.4 Å². The molecule has 0 saturated carbocycles. The Hall–Kier alpha value is -3.94. The van der Waals surface area contributed by atoms with Crippen LogP contribution in [0.5, 0.6) is 11.5 Å². The minimum atomic E-state index is -0.376. The molecule has 3 aromatic carbocycles. The third-order valence-electron chi connectivity index (χ3n) is 6.29. The van der Waals surface area contributed by atoms with Crippen LogP contribution in [0.1, 0.15) is 30.9 Å². The van der Waals surface area contributed by atoms with Gasteiger partial charge < -0.3 is 14.5 Å². The topological polar surface area (TPSA) is 63.4 Å². The summed E-state index contributed by atoms with van der Waals surface area (Å²) in [5.41, 5.74) is 2.65. The molecular weight excluding hydrogens is 503 g/mol. The summed E-state index contributed by atoms with van der Waals surface area (Å²) >= 11 is 6.47. The minimum Gasteiger partial charge on any atom is -0.464 e. The van der Waals surface area contributed by atoms with E-state index in [1.807, 2.05) is 18.2 Å². The second kappa shape index (κ2) is 11.6. The number of furan rings is 1. The maximum Gasteiger partial charge on any atom is 0.146 e. The van der Waals surface area contributed by atoms with Crippen LogP contribution in [0.3, 0.4) is 0 Å². The highest BCUT2D eigenvalue weighted by Gasteiger charge is 2.11. The second-order valence-electron chi connectivity index (χ2n) is 8.91. The lowest BCUT2D eigenvalue weighted by Crippen LogP contribution is -2.21. The Morgan fingerprint density at radius 2 is 1.79 bits per heavy atom. The SMILES string of the molecule is CCN(CC)Cc1ccc(Cc2ccc3ncnc(Nc4ccc(Oc5cccc(F)c5)c(Cl)c4)c3c2)o1. The molecule has 0 unspecified atom stereocenters. The number of hydrogen-bond donors (Lipinski definition) is 1. The number of rotatable bonds is 10. The Bertz CT molecular complexity index is 1550. The van der Waals surface area contributed by atoms with Gasteiger partial charge in [-0.2, -0.15) is 0 Å². The van der Waals surface area contributed by atoms with Crippen LogP contribution in [0.15, 0.2) is 83.5 Å². The van der Waals surface area contributed by atoms with Crippen LogP contribution in [0, 0.1) is 5.82 Å². The number of anilines is 2. The standard InChI is InChI=1S/C30H28ClFN4O2/c1-3-36(4-2)18-25-11-10-24(37-25)14-20-8-12-28-26(15-20)30(34-19-33-28)35-22-9-13-29(27(31)17-22)38-23-7-5-6-21(32)16-23/h5-13,15-17,19H,3-4,14,18H2,1-2H3,(H,33,34,35). The summed E-state index contributed by atoms with van der Waals surface area (Å²) < 4.78 is 25.3. The fourth-order valence-electron chi connectivity index (χ4n) is 4.24. The van der Waals surface area contributed by atoms with Gasteiger partial charge in [0.1, 0.15) is 41.0 Å². The Balaban J connectivity index is 1.33. The number of aromatic nitrogens is 2. The number of halogens is 2. The third kappa shape index (κ3) is 6.13. The van der Waals surface area contributed by atoms with Crippen LogP contribution in [0.4, 0.5) is 15.9 Å². The van der Waals surface area contributed by atoms with Gasteiger partial charge in [0.15, 0.2) is 0 Å². The zero-order valence-corrected chi connectivity index (χ0v) is 22.0. The molecule has 1 N–H and O–H groups in total. The van der Waals surface area contributed by atoms with Crippen molar-refractivity contribution in [3.63, 3.8) is 0 Å². The number of hydrogen-bond acceptors (Lipinski definition) is 6. The molecule has 2 heterocycles. The number of nitrogens with one attached hydrogen (secondary N) is 1. The van der Waals surface area contributed by atoms with Gasteiger partial charge in [-0.15, -0.1) is 0 Å². The van der Waals surface area contributed by atoms with Crippen LogP contribution in [-0.4, -0.2) is 28.0 Å². The van der Waals surface area contributed by atoms with Gasteiger partial charge in [0.25, 0.3) is 0 Å². The van der Waals surface area contributed by atoms with Crippen molar-refractivity contribution >= 4 is 34.0 Å². The first-order valence-corrected chi connectivity index (χ1v) is 12.9. The molecule has 0 bridgehead atoms. The summed E-state index contributed by atoms with van der Waals surface area (Å²) in [5.74, 6) is 2.97. The van der Waals surface area contributed by atoms with Crippen molar-refractivity contribution < 1.29 is 13.5 Å². The lowest BCUT2D eigenvalue weighted by molar-refractivity contribution is 0.266. The van der Waals surface area contributed by atoms with Gasteiger partial charge in [0.05, 0.1) is 17.1 Å². The van der Waals surface area contributed by atoms with E-state index in [0.29, 0.717) is 28.8 Å². The molecule has 5 aromatic rings. The zero-order valence-electron chi connectivity index (χ0n) is 21.2. The monoisotopic (exact) mass is 530 g/mol. The Morgan fingerprint density at radius 1 is 0.947 bits per heavy atom. The summed E-state index contributed by atoms with van der Waals surface area (Å²) in [6.45, 7) is 7.08. The second-order valence-corrected chi connectivity index (χ2v) is 9.32. The molecule has 0 radical (unpaired) electrons. The predicted molar refractivity (Wildman–Crippen MR) is 149 cm³/mol. The van der Waals surface area contributed by atoms with E-state index in [9.17, 15) is 4.39 Å². The molecule has 0 aliphatic heterocycles. The molecular formula is C30H28ClFN4O2. The smallest absolute Gasteiger partial charge is 0.146 e. The summed E-state index contributed by atoms with van der Waals surface area (Å²) in [6, 6.07) is 21.4. The normalized spacial score (nSPS) is 11.3. The average molecular weight is 531 g/mol. The first-order valence-electron chi connectivity index (χ1n) is 12.5. The van der Waals surface area contributed by atoms with Crippen LogP contribution < -0.4 is 10.1 Å². The molecule has 8 heteroatoms. The Labute approximate surface area is 226 Å². The van der Waals surface area contributed by atoms with Gasteiger partial charge in [-0.3, -0.25) is 4.90 Å². The van der Waals surface area contributed by atoms with E-state index in [1.165, 1.54) is 18.5 Å². The quantitative estimate of drug-likeness (QED) is 0.197. The maximum absolute atomic E-state index is 13.5. The fraction of sp³-hybridized carbons (Fsp3) is 0.200. The van der Waals surface area contributed by atoms with E-state index in [-0.39, 0.29) is 5.82 Å². The molecule has 6 nitrogen and oxygen atoms in total. The fourth-order valence-corrected chi connectivity index (χ4v) is 4.46. The first-order chi connectivity index (χ1) is 18.5.